The Labute approximate surface area is 255 Å². The molecule has 2 heterocycles. The monoisotopic (exact) mass is 579 g/mol. The number of ether oxygens (including phenoxy) is 2. The molecule has 5 aliphatic rings. The first-order valence-corrected chi connectivity index (χ1v) is 17.5. The summed E-state index contributed by atoms with van der Waals surface area (Å²) in [6.07, 6.45) is 14.4. The van der Waals surface area contributed by atoms with Crippen LogP contribution >= 0.6 is 0 Å². The van der Waals surface area contributed by atoms with Crippen LogP contribution in [0, 0.1) is 36.5 Å². The predicted octanol–water partition coefficient (Wildman–Crippen LogP) is 5.86. The number of likely N-dealkylation sites (tertiary alicyclic amines) is 1. The normalized spacial score (nSPS) is 38.0. The Morgan fingerprint density at radius 1 is 0.810 bits per heavy atom. The van der Waals surface area contributed by atoms with Gasteiger partial charge in [-0.1, -0.05) is 29.8 Å². The van der Waals surface area contributed by atoms with Gasteiger partial charge in [-0.25, -0.2) is 0 Å². The van der Waals surface area contributed by atoms with E-state index in [-0.39, 0.29) is 5.92 Å². The minimum Gasteiger partial charge on any atom is -0.377 e. The zero-order valence-electron chi connectivity index (χ0n) is 26.6. The van der Waals surface area contributed by atoms with Crippen LogP contribution in [0.4, 0.5) is 0 Å². The van der Waals surface area contributed by atoms with E-state index in [9.17, 15) is 4.79 Å². The van der Waals surface area contributed by atoms with Gasteiger partial charge in [0, 0.05) is 24.5 Å². The van der Waals surface area contributed by atoms with Crippen molar-refractivity contribution in [3.05, 3.63) is 35.4 Å². The van der Waals surface area contributed by atoms with Crippen molar-refractivity contribution in [3.63, 3.8) is 0 Å². The molecule has 3 saturated carbocycles. The minimum absolute atomic E-state index is 0.281. The van der Waals surface area contributed by atoms with Crippen LogP contribution in [0.1, 0.15) is 95.6 Å². The first-order valence-electron chi connectivity index (χ1n) is 17.5. The Morgan fingerprint density at radius 2 is 1.50 bits per heavy atom. The average molecular weight is 580 g/mol. The van der Waals surface area contributed by atoms with Crippen LogP contribution in [0.15, 0.2) is 24.3 Å². The molecule has 0 radical (unpaired) electrons. The summed E-state index contributed by atoms with van der Waals surface area (Å²) < 4.78 is 12.7. The van der Waals surface area contributed by atoms with Crippen molar-refractivity contribution >= 4 is 5.78 Å². The molecular formula is C36H57N3O3. The van der Waals surface area contributed by atoms with Crippen LogP contribution in [0.2, 0.25) is 0 Å². The lowest BCUT2D eigenvalue weighted by molar-refractivity contribution is -0.122. The average Bonchev–Trinajstić information content (AvgIpc) is 3.01. The summed E-state index contributed by atoms with van der Waals surface area (Å²) in [5.74, 6) is 3.80. The highest BCUT2D eigenvalue weighted by atomic mass is 16.5. The number of hydrogen-bond donors (Lipinski definition) is 2. The molecule has 7 atom stereocenters. The van der Waals surface area contributed by atoms with E-state index in [4.69, 9.17) is 9.47 Å². The molecule has 6 nitrogen and oxygen atoms in total. The molecule has 234 valence electrons. The summed E-state index contributed by atoms with van der Waals surface area (Å²) in [6, 6.07) is 10.1. The fourth-order valence-electron chi connectivity index (χ4n) is 9.41. The van der Waals surface area contributed by atoms with Gasteiger partial charge in [-0.2, -0.15) is 0 Å². The van der Waals surface area contributed by atoms with E-state index in [0.717, 1.165) is 69.1 Å². The number of hydrogen-bond acceptors (Lipinski definition) is 6. The van der Waals surface area contributed by atoms with Gasteiger partial charge < -0.3 is 14.4 Å². The molecule has 2 N–H and O–H groups in total. The van der Waals surface area contributed by atoms with Gasteiger partial charge in [-0.15, -0.1) is 0 Å². The van der Waals surface area contributed by atoms with Gasteiger partial charge in [0.15, 0.2) is 0 Å². The zero-order valence-corrected chi connectivity index (χ0v) is 26.6. The number of nitrogens with zero attached hydrogens (tertiary/aromatic N) is 1. The first kappa shape index (κ1) is 30.7. The van der Waals surface area contributed by atoms with Gasteiger partial charge in [0.1, 0.15) is 5.78 Å². The van der Waals surface area contributed by atoms with Crippen LogP contribution in [-0.4, -0.2) is 67.4 Å². The molecule has 7 unspecified atom stereocenters. The summed E-state index contributed by atoms with van der Waals surface area (Å²) in [7, 11) is 0. The quantitative estimate of drug-likeness (QED) is 0.382. The van der Waals surface area contributed by atoms with Crippen LogP contribution < -0.4 is 10.6 Å². The molecule has 0 spiro atoms. The van der Waals surface area contributed by atoms with Gasteiger partial charge in [0.25, 0.3) is 0 Å². The molecule has 1 aromatic rings. The van der Waals surface area contributed by atoms with Crippen LogP contribution in [0.5, 0.6) is 0 Å². The van der Waals surface area contributed by atoms with E-state index in [1.807, 2.05) is 0 Å². The Balaban J connectivity index is 0.942. The largest absolute Gasteiger partial charge is 0.377 e. The number of carbonyl (C=O) groups is 1. The summed E-state index contributed by atoms with van der Waals surface area (Å²) in [4.78, 5) is 14.3. The highest BCUT2D eigenvalue weighted by Crippen LogP contribution is 2.47. The lowest BCUT2D eigenvalue weighted by Crippen LogP contribution is -2.68. The molecular weight excluding hydrogens is 522 g/mol. The molecule has 0 aromatic heterocycles. The SMILES string of the molecule is CC(=O)C1CCC(OCCN2CCC(C3NC(C)NC4C5CCC(OCc6ccc(C)cc6)CC5CCC34)CC2)CC1. The van der Waals surface area contributed by atoms with Crippen molar-refractivity contribution in [1.82, 2.24) is 15.5 Å². The number of ketones is 1. The van der Waals surface area contributed by atoms with Crippen molar-refractivity contribution in [2.75, 3.05) is 26.2 Å². The maximum Gasteiger partial charge on any atom is 0.132 e. The maximum absolute atomic E-state index is 11.6. The van der Waals surface area contributed by atoms with Crippen molar-refractivity contribution in [2.24, 2.45) is 29.6 Å². The number of benzene rings is 1. The van der Waals surface area contributed by atoms with Crippen molar-refractivity contribution in [1.29, 1.82) is 0 Å². The van der Waals surface area contributed by atoms with Gasteiger partial charge in [0.05, 0.1) is 31.6 Å². The highest BCUT2D eigenvalue weighted by Gasteiger charge is 2.49. The Morgan fingerprint density at radius 3 is 2.24 bits per heavy atom. The van der Waals surface area contributed by atoms with Crippen LogP contribution in [0.25, 0.3) is 0 Å². The third-order valence-electron chi connectivity index (χ3n) is 11.9. The summed E-state index contributed by atoms with van der Waals surface area (Å²) in [5, 5.41) is 8.08. The van der Waals surface area contributed by atoms with Crippen molar-refractivity contribution in [2.45, 2.75) is 128 Å². The molecule has 6 rings (SSSR count). The fourth-order valence-corrected chi connectivity index (χ4v) is 9.41. The second-order valence-corrected chi connectivity index (χ2v) is 14.6. The molecule has 1 aromatic carbocycles. The number of piperidine rings is 1. The number of Topliss-reactive ketones (excluding diaryl/α,β-unsaturated/α-hetero) is 1. The molecule has 2 aliphatic heterocycles. The van der Waals surface area contributed by atoms with E-state index in [2.05, 4.69) is 53.6 Å². The second-order valence-electron chi connectivity index (χ2n) is 14.6. The third-order valence-corrected chi connectivity index (χ3v) is 11.9. The minimum atomic E-state index is 0.281. The van der Waals surface area contributed by atoms with Crippen molar-refractivity contribution < 1.29 is 14.3 Å². The summed E-state index contributed by atoms with van der Waals surface area (Å²) in [5.41, 5.74) is 2.61. The summed E-state index contributed by atoms with van der Waals surface area (Å²) >= 11 is 0. The highest BCUT2D eigenvalue weighted by molar-refractivity contribution is 5.78. The summed E-state index contributed by atoms with van der Waals surface area (Å²) in [6.45, 7) is 11.3. The van der Waals surface area contributed by atoms with Crippen LogP contribution in [-0.2, 0) is 20.9 Å². The zero-order chi connectivity index (χ0) is 29.1. The number of nitrogens with one attached hydrogen (secondary N) is 2. The van der Waals surface area contributed by atoms with E-state index in [0.29, 0.717) is 36.2 Å². The lowest BCUT2D eigenvalue weighted by atomic mass is 9.60. The molecule has 0 amide bonds. The molecule has 2 saturated heterocycles. The van der Waals surface area contributed by atoms with Gasteiger partial charge in [-0.3, -0.25) is 15.4 Å². The number of carbonyl (C=O) groups excluding carboxylic acids is 1. The number of aryl methyl sites for hydroxylation is 1. The topological polar surface area (TPSA) is 62.8 Å². The smallest absolute Gasteiger partial charge is 0.132 e. The maximum atomic E-state index is 11.6. The van der Waals surface area contributed by atoms with Crippen LogP contribution in [0.3, 0.4) is 0 Å². The lowest BCUT2D eigenvalue weighted by Gasteiger charge is -2.55. The molecule has 6 heteroatoms. The van der Waals surface area contributed by atoms with Gasteiger partial charge in [-0.05, 0) is 134 Å². The Bertz CT molecular complexity index is 1000. The molecule has 3 aliphatic carbocycles. The Kier molecular flexibility index (Phi) is 10.4. The fraction of sp³-hybridized carbons (Fsp3) is 0.806. The van der Waals surface area contributed by atoms with E-state index in [1.54, 1.807) is 6.92 Å². The predicted molar refractivity (Wildman–Crippen MR) is 168 cm³/mol. The van der Waals surface area contributed by atoms with E-state index in [1.165, 1.54) is 69.2 Å². The second kappa shape index (κ2) is 14.2. The molecule has 42 heavy (non-hydrogen) atoms. The first-order chi connectivity index (χ1) is 20.4. The number of rotatable bonds is 9. The standard InChI is InChI=1S/C36H57N3O3/c1-24-4-6-27(7-5-24)23-42-32-13-15-33-30(22-32)10-14-34-35(37-26(3)38-36(33)34)29-16-18-39(19-17-29)20-21-41-31-11-8-28(9-12-31)25(2)40/h4-7,26,28-38H,8-23H2,1-3H3. The molecule has 0 bridgehead atoms. The third kappa shape index (κ3) is 7.48. The van der Waals surface area contributed by atoms with Gasteiger partial charge in [0.2, 0.25) is 0 Å². The van der Waals surface area contributed by atoms with Crippen molar-refractivity contribution in [3.8, 4) is 0 Å². The molecule has 5 fully saturated rings. The Hall–Kier alpha value is -1.31. The number of fused-ring (bicyclic) bond motifs is 3. The van der Waals surface area contributed by atoms with E-state index < -0.39 is 0 Å². The van der Waals surface area contributed by atoms with E-state index >= 15 is 0 Å². The van der Waals surface area contributed by atoms with Gasteiger partial charge >= 0.3 is 0 Å².